The second kappa shape index (κ2) is 5.40. The van der Waals surface area contributed by atoms with Crippen molar-refractivity contribution in [3.05, 3.63) is 46.2 Å². The third-order valence-corrected chi connectivity index (χ3v) is 3.57. The van der Waals surface area contributed by atoms with Gasteiger partial charge in [0.15, 0.2) is 0 Å². The van der Waals surface area contributed by atoms with E-state index >= 15 is 0 Å². The van der Waals surface area contributed by atoms with Crippen LogP contribution in [0, 0.1) is 0 Å². The Morgan fingerprint density at radius 3 is 2.86 bits per heavy atom. The fourth-order valence-electron chi connectivity index (χ4n) is 2.48. The number of fused-ring (bicyclic) bond motifs is 1. The average molecular weight is 285 g/mol. The van der Waals surface area contributed by atoms with Crippen molar-refractivity contribution in [2.75, 3.05) is 19.6 Å². The van der Waals surface area contributed by atoms with Gasteiger partial charge < -0.3 is 15.2 Å². The second-order valence-corrected chi connectivity index (χ2v) is 5.01. The summed E-state index contributed by atoms with van der Waals surface area (Å²) in [5, 5.41) is 3.18. The number of hydrogen-bond donors (Lipinski definition) is 2. The normalized spacial score (nSPS) is 15.6. The number of hydrogen-bond acceptors (Lipinski definition) is 3. The molecule has 0 atom stereocenters. The van der Waals surface area contributed by atoms with Gasteiger partial charge in [0.05, 0.1) is 6.54 Å². The minimum Gasteiger partial charge on any atom is -0.360 e. The Labute approximate surface area is 120 Å². The fourth-order valence-corrected chi connectivity index (χ4v) is 2.48. The van der Waals surface area contributed by atoms with Crippen LogP contribution in [0.3, 0.4) is 0 Å². The molecule has 0 saturated carbocycles. The lowest BCUT2D eigenvalue weighted by atomic mass is 10.1. The summed E-state index contributed by atoms with van der Waals surface area (Å²) >= 11 is 0. The van der Waals surface area contributed by atoms with Crippen LogP contribution < -0.4 is 10.7 Å². The van der Waals surface area contributed by atoms with E-state index in [1.165, 1.54) is 11.1 Å². The highest BCUT2D eigenvalue weighted by Gasteiger charge is 2.23. The van der Waals surface area contributed by atoms with Gasteiger partial charge in [-0.2, -0.15) is 0 Å². The zero-order chi connectivity index (χ0) is 14.8. The summed E-state index contributed by atoms with van der Waals surface area (Å²) in [7, 11) is 0. The first-order valence-corrected chi connectivity index (χ1v) is 6.83. The van der Waals surface area contributed by atoms with Gasteiger partial charge >= 0.3 is 0 Å². The number of carbonyl (C=O) groups excluding carboxylic acids is 2. The number of nitrogens with one attached hydrogen (secondary N) is 2. The van der Waals surface area contributed by atoms with E-state index in [-0.39, 0.29) is 23.4 Å². The lowest BCUT2D eigenvalue weighted by molar-refractivity contribution is -0.121. The molecular formula is C15H15N3O3. The Morgan fingerprint density at radius 2 is 2.00 bits per heavy atom. The number of nitrogens with zero attached hydrogens (tertiary/aromatic N) is 1. The molecule has 2 heterocycles. The monoisotopic (exact) mass is 285 g/mol. The van der Waals surface area contributed by atoms with Crippen molar-refractivity contribution in [2.45, 2.75) is 6.42 Å². The molecular weight excluding hydrogens is 270 g/mol. The second-order valence-electron chi connectivity index (χ2n) is 5.01. The van der Waals surface area contributed by atoms with E-state index in [0.717, 1.165) is 0 Å². The predicted molar refractivity (Wildman–Crippen MR) is 78.1 cm³/mol. The molecule has 0 spiro atoms. The van der Waals surface area contributed by atoms with Crippen molar-refractivity contribution in [1.29, 1.82) is 0 Å². The highest BCUT2D eigenvalue weighted by molar-refractivity contribution is 5.98. The zero-order valence-corrected chi connectivity index (χ0v) is 11.4. The third kappa shape index (κ3) is 2.52. The van der Waals surface area contributed by atoms with E-state index in [9.17, 15) is 14.4 Å². The number of carbonyl (C=O) groups is 2. The van der Waals surface area contributed by atoms with Crippen molar-refractivity contribution in [3.8, 4) is 0 Å². The molecule has 3 rings (SSSR count). The predicted octanol–water partition coefficient (Wildman–Crippen LogP) is 0.490. The van der Waals surface area contributed by atoms with Crippen molar-refractivity contribution in [2.24, 2.45) is 0 Å². The highest BCUT2D eigenvalue weighted by atomic mass is 16.2. The summed E-state index contributed by atoms with van der Waals surface area (Å²) in [6.07, 6.45) is 2.11. The summed E-state index contributed by atoms with van der Waals surface area (Å²) in [6, 6.07) is 7.04. The number of pyridine rings is 1. The Morgan fingerprint density at radius 1 is 1.19 bits per heavy atom. The molecule has 6 heteroatoms. The van der Waals surface area contributed by atoms with Crippen LogP contribution in [0.2, 0.25) is 0 Å². The zero-order valence-electron chi connectivity index (χ0n) is 11.4. The number of rotatable bonds is 1. The molecule has 1 aliphatic rings. The molecule has 0 unspecified atom stereocenters. The number of para-hydroxylation sites is 1. The van der Waals surface area contributed by atoms with Crippen molar-refractivity contribution < 1.29 is 9.59 Å². The standard InChI is InChI=1S/C15H15N3O3/c19-13-9-18(7-3-6-16-13)15(21)11-8-17-12-5-2-1-4-10(12)14(11)20/h1-2,4-5,8H,3,6-7,9H2,(H,16,19)(H,17,20). The molecule has 1 saturated heterocycles. The van der Waals surface area contributed by atoms with E-state index in [4.69, 9.17) is 0 Å². The molecule has 2 aromatic rings. The third-order valence-electron chi connectivity index (χ3n) is 3.57. The number of aromatic amines is 1. The minimum absolute atomic E-state index is 0.00883. The van der Waals surface area contributed by atoms with Gasteiger partial charge in [0.25, 0.3) is 5.91 Å². The molecule has 0 bridgehead atoms. The van der Waals surface area contributed by atoms with Crippen molar-refractivity contribution >= 4 is 22.7 Å². The van der Waals surface area contributed by atoms with Gasteiger partial charge in [-0.15, -0.1) is 0 Å². The van der Waals surface area contributed by atoms with Crippen LogP contribution in [0.15, 0.2) is 35.3 Å². The van der Waals surface area contributed by atoms with Gasteiger partial charge in [-0.3, -0.25) is 14.4 Å². The number of H-pyrrole nitrogens is 1. The van der Waals surface area contributed by atoms with E-state index in [2.05, 4.69) is 10.3 Å². The molecule has 2 N–H and O–H groups in total. The van der Waals surface area contributed by atoms with Crippen molar-refractivity contribution in [1.82, 2.24) is 15.2 Å². The SMILES string of the molecule is O=C1CN(C(=O)c2c[nH]c3ccccc3c2=O)CCCN1. The van der Waals surface area contributed by atoms with E-state index in [1.54, 1.807) is 18.2 Å². The maximum atomic E-state index is 12.5. The molecule has 0 radical (unpaired) electrons. The van der Waals surface area contributed by atoms with E-state index in [1.807, 2.05) is 6.07 Å². The van der Waals surface area contributed by atoms with Crippen LogP contribution in [0.25, 0.3) is 10.9 Å². The summed E-state index contributed by atoms with van der Waals surface area (Å²) in [6.45, 7) is 1.01. The van der Waals surface area contributed by atoms with Gasteiger partial charge in [0, 0.05) is 30.2 Å². The van der Waals surface area contributed by atoms with Crippen LogP contribution >= 0.6 is 0 Å². The van der Waals surface area contributed by atoms with Crippen LogP contribution in [0.1, 0.15) is 16.8 Å². The first-order valence-electron chi connectivity index (χ1n) is 6.83. The Kier molecular flexibility index (Phi) is 3.43. The summed E-state index contributed by atoms with van der Waals surface area (Å²) in [5.41, 5.74) is 0.454. The molecule has 6 nitrogen and oxygen atoms in total. The minimum atomic E-state index is -0.404. The molecule has 1 aromatic heterocycles. The van der Waals surface area contributed by atoms with Gasteiger partial charge in [-0.05, 0) is 18.6 Å². The lowest BCUT2D eigenvalue weighted by Gasteiger charge is -2.18. The van der Waals surface area contributed by atoms with Crippen LogP contribution in [-0.2, 0) is 4.79 Å². The largest absolute Gasteiger partial charge is 0.360 e. The van der Waals surface area contributed by atoms with Crippen LogP contribution in [-0.4, -0.2) is 41.3 Å². The molecule has 21 heavy (non-hydrogen) atoms. The molecule has 1 aliphatic heterocycles. The fraction of sp³-hybridized carbons (Fsp3) is 0.267. The lowest BCUT2D eigenvalue weighted by Crippen LogP contribution is -2.39. The molecule has 2 amide bonds. The van der Waals surface area contributed by atoms with Gasteiger partial charge in [-0.25, -0.2) is 0 Å². The van der Waals surface area contributed by atoms with E-state index < -0.39 is 5.91 Å². The van der Waals surface area contributed by atoms with Gasteiger partial charge in [0.2, 0.25) is 11.3 Å². The maximum Gasteiger partial charge on any atom is 0.259 e. The van der Waals surface area contributed by atoms with Crippen LogP contribution in [0.4, 0.5) is 0 Å². The summed E-state index contributed by atoms with van der Waals surface area (Å²) < 4.78 is 0. The van der Waals surface area contributed by atoms with E-state index in [0.29, 0.717) is 30.4 Å². The van der Waals surface area contributed by atoms with Crippen LogP contribution in [0.5, 0.6) is 0 Å². The van der Waals surface area contributed by atoms with Crippen molar-refractivity contribution in [3.63, 3.8) is 0 Å². The highest BCUT2D eigenvalue weighted by Crippen LogP contribution is 2.09. The number of benzene rings is 1. The molecule has 1 fully saturated rings. The van der Waals surface area contributed by atoms with Gasteiger partial charge in [0.1, 0.15) is 5.56 Å². The smallest absolute Gasteiger partial charge is 0.259 e. The molecule has 108 valence electrons. The number of aromatic nitrogens is 1. The summed E-state index contributed by atoms with van der Waals surface area (Å²) in [5.74, 6) is -0.600. The molecule has 1 aromatic carbocycles. The quantitative estimate of drug-likeness (QED) is 0.800. The Balaban J connectivity index is 1.99. The first-order chi connectivity index (χ1) is 10.2. The molecule has 0 aliphatic carbocycles. The maximum absolute atomic E-state index is 12.5. The Bertz CT molecular complexity index is 766. The Hall–Kier alpha value is -2.63. The average Bonchev–Trinajstić information content (AvgIpc) is 2.72. The topological polar surface area (TPSA) is 82.3 Å². The number of amides is 2. The first kappa shape index (κ1) is 13.4. The van der Waals surface area contributed by atoms with Gasteiger partial charge in [-0.1, -0.05) is 12.1 Å². The summed E-state index contributed by atoms with van der Waals surface area (Å²) in [4.78, 5) is 40.8.